The highest BCUT2D eigenvalue weighted by Gasteiger charge is 2.53. The molecule has 0 radical (unpaired) electrons. The van der Waals surface area contributed by atoms with Crippen LogP contribution in [0.2, 0.25) is 0 Å². The normalized spacial score (nSPS) is 34.1. The Morgan fingerprint density at radius 3 is 2.20 bits per heavy atom. The third-order valence-corrected chi connectivity index (χ3v) is 7.18. The van der Waals surface area contributed by atoms with E-state index in [1.165, 1.54) is 44.1 Å². The Labute approximate surface area is 152 Å². The molecule has 4 aliphatic carbocycles. The van der Waals surface area contributed by atoms with Gasteiger partial charge < -0.3 is 10.6 Å². The van der Waals surface area contributed by atoms with Crippen LogP contribution in [0.4, 0.5) is 5.69 Å². The summed E-state index contributed by atoms with van der Waals surface area (Å²) in [5.41, 5.74) is 2.66. The number of carbonyl (C=O) groups excluding carboxylic acids is 1. The molecule has 3 nitrogen and oxygen atoms in total. The van der Waals surface area contributed by atoms with Gasteiger partial charge in [-0.05, 0) is 67.1 Å². The average molecular weight is 342 g/mol. The minimum Gasteiger partial charge on any atom is -0.334 e. The lowest BCUT2D eigenvalue weighted by atomic mass is 9.53. The van der Waals surface area contributed by atoms with Crippen LogP contribution in [0, 0.1) is 17.8 Å². The molecule has 25 heavy (non-hydrogen) atoms. The minimum atomic E-state index is 0.145. The second kappa shape index (κ2) is 6.75. The van der Waals surface area contributed by atoms with Crippen molar-refractivity contribution in [1.29, 1.82) is 0 Å². The van der Waals surface area contributed by atoms with Crippen molar-refractivity contribution >= 4 is 11.6 Å². The Morgan fingerprint density at radius 1 is 1.12 bits per heavy atom. The first kappa shape index (κ1) is 17.1. The summed E-state index contributed by atoms with van der Waals surface area (Å²) in [6.45, 7) is 5.02. The molecular weight excluding hydrogens is 308 g/mol. The van der Waals surface area contributed by atoms with E-state index < -0.39 is 0 Å². The van der Waals surface area contributed by atoms with Gasteiger partial charge in [0.2, 0.25) is 0 Å². The predicted molar refractivity (Wildman–Crippen MR) is 101 cm³/mol. The molecule has 3 N–H and O–H groups in total. The van der Waals surface area contributed by atoms with Gasteiger partial charge in [-0.1, -0.05) is 26.0 Å². The van der Waals surface area contributed by atoms with Gasteiger partial charge in [-0.2, -0.15) is 0 Å². The van der Waals surface area contributed by atoms with Crippen LogP contribution in [0.3, 0.4) is 0 Å². The summed E-state index contributed by atoms with van der Waals surface area (Å²) in [7, 11) is 0. The molecule has 0 spiro atoms. The largest absolute Gasteiger partial charge is 0.334 e. The quantitative estimate of drug-likeness (QED) is 0.815. The summed E-state index contributed by atoms with van der Waals surface area (Å²) in [4.78, 5) is 12.4. The first-order valence-corrected chi connectivity index (χ1v) is 10.3. The summed E-state index contributed by atoms with van der Waals surface area (Å²) in [5, 5.41) is 5.48. The van der Waals surface area contributed by atoms with E-state index in [4.69, 9.17) is 0 Å². The number of anilines is 1. The summed E-state index contributed by atoms with van der Waals surface area (Å²) < 4.78 is 0. The van der Waals surface area contributed by atoms with Crippen molar-refractivity contribution in [1.82, 2.24) is 0 Å². The molecule has 1 aromatic rings. The Balaban J connectivity index is 1.31. The molecule has 0 aliphatic heterocycles. The minimum absolute atomic E-state index is 0.145. The van der Waals surface area contributed by atoms with Gasteiger partial charge >= 0.3 is 0 Å². The van der Waals surface area contributed by atoms with Gasteiger partial charge in [0, 0.05) is 24.9 Å². The van der Waals surface area contributed by atoms with Gasteiger partial charge in [-0.15, -0.1) is 0 Å². The van der Waals surface area contributed by atoms with E-state index in [-0.39, 0.29) is 5.91 Å². The smallest absolute Gasteiger partial charge is 0.279 e. The van der Waals surface area contributed by atoms with Crippen molar-refractivity contribution in [3.05, 3.63) is 29.8 Å². The average Bonchev–Trinajstić information content (AvgIpc) is 2.59. The van der Waals surface area contributed by atoms with Gasteiger partial charge in [-0.3, -0.25) is 4.79 Å². The van der Waals surface area contributed by atoms with E-state index in [1.54, 1.807) is 0 Å². The van der Waals surface area contributed by atoms with E-state index >= 15 is 0 Å². The highest BCUT2D eigenvalue weighted by Crippen LogP contribution is 2.54. The van der Waals surface area contributed by atoms with Crippen molar-refractivity contribution in [3.63, 3.8) is 0 Å². The van der Waals surface area contributed by atoms with Gasteiger partial charge in [0.1, 0.15) is 0 Å². The van der Waals surface area contributed by atoms with Crippen LogP contribution in [-0.4, -0.2) is 18.0 Å². The predicted octanol–water partition coefficient (Wildman–Crippen LogP) is 3.67. The zero-order chi connectivity index (χ0) is 17.4. The Morgan fingerprint density at radius 2 is 1.68 bits per heavy atom. The second-order valence-electron chi connectivity index (χ2n) is 9.17. The maximum atomic E-state index is 12.4. The second-order valence-corrected chi connectivity index (χ2v) is 9.17. The van der Waals surface area contributed by atoms with Crippen molar-refractivity contribution in [2.75, 3.05) is 11.9 Å². The van der Waals surface area contributed by atoms with Crippen LogP contribution >= 0.6 is 0 Å². The number of nitrogens with two attached hydrogens (primary N) is 1. The third kappa shape index (κ3) is 3.62. The SMILES string of the molecule is CC[C@H](C)c1ccc(NC(=O)C[NH2+]C23CC4CC(CC(C4)C2)C3)cc1. The van der Waals surface area contributed by atoms with Crippen LogP contribution < -0.4 is 10.6 Å². The molecule has 1 aromatic carbocycles. The van der Waals surface area contributed by atoms with Crippen molar-refractivity contribution in [2.24, 2.45) is 17.8 Å². The molecule has 0 aromatic heterocycles. The number of quaternary nitrogens is 1. The molecule has 4 bridgehead atoms. The molecule has 4 fully saturated rings. The van der Waals surface area contributed by atoms with E-state index in [0.717, 1.165) is 29.9 Å². The number of carbonyl (C=O) groups is 1. The fourth-order valence-corrected chi connectivity index (χ4v) is 6.08. The topological polar surface area (TPSA) is 45.7 Å². The first-order valence-electron chi connectivity index (χ1n) is 10.3. The van der Waals surface area contributed by atoms with Crippen LogP contribution in [0.5, 0.6) is 0 Å². The number of nitrogens with one attached hydrogen (secondary N) is 1. The van der Waals surface area contributed by atoms with Gasteiger partial charge in [0.05, 0.1) is 5.54 Å². The van der Waals surface area contributed by atoms with E-state index in [2.05, 4.69) is 36.6 Å². The number of rotatable bonds is 6. The Hall–Kier alpha value is -1.35. The van der Waals surface area contributed by atoms with Crippen LogP contribution in [0.25, 0.3) is 0 Å². The summed E-state index contributed by atoms with van der Waals surface area (Å²) in [6.07, 6.45) is 9.55. The Bertz CT molecular complexity index is 586. The standard InChI is InChI=1S/C22H32N2O/c1-3-15(2)19-4-6-20(7-5-19)24-21(25)14-23-22-11-16-8-17(12-22)10-18(9-16)13-22/h4-7,15-18,23H,3,8-14H2,1-2H3,(H,24,25)/p+1/t15-,16?,17?,18?,22?/m0/s1. The fraction of sp³-hybridized carbons (Fsp3) is 0.682. The maximum absolute atomic E-state index is 12.4. The number of hydrogen-bond acceptors (Lipinski definition) is 1. The summed E-state index contributed by atoms with van der Waals surface area (Å²) in [6, 6.07) is 8.38. The monoisotopic (exact) mass is 341 g/mol. The molecule has 1 amide bonds. The van der Waals surface area contributed by atoms with Crippen molar-refractivity contribution in [3.8, 4) is 0 Å². The molecule has 4 saturated carbocycles. The zero-order valence-corrected chi connectivity index (χ0v) is 15.8. The van der Waals surface area contributed by atoms with Gasteiger partial charge in [-0.25, -0.2) is 0 Å². The highest BCUT2D eigenvalue weighted by atomic mass is 16.1. The first-order chi connectivity index (χ1) is 12.0. The maximum Gasteiger partial charge on any atom is 0.279 e. The lowest BCUT2D eigenvalue weighted by Crippen LogP contribution is -3.00. The van der Waals surface area contributed by atoms with E-state index in [0.29, 0.717) is 18.0 Å². The number of hydrogen-bond donors (Lipinski definition) is 2. The van der Waals surface area contributed by atoms with Gasteiger partial charge in [0.15, 0.2) is 6.54 Å². The molecule has 0 heterocycles. The van der Waals surface area contributed by atoms with Crippen LogP contribution in [-0.2, 0) is 4.79 Å². The van der Waals surface area contributed by atoms with Crippen molar-refractivity contribution in [2.45, 2.75) is 70.3 Å². The molecule has 136 valence electrons. The van der Waals surface area contributed by atoms with Crippen LogP contribution in [0.1, 0.15) is 70.3 Å². The summed E-state index contributed by atoms with van der Waals surface area (Å²) >= 11 is 0. The molecule has 0 unspecified atom stereocenters. The molecule has 5 rings (SSSR count). The number of amides is 1. The summed E-state index contributed by atoms with van der Waals surface area (Å²) in [5.74, 6) is 3.55. The molecule has 1 atom stereocenters. The Kier molecular flexibility index (Phi) is 4.61. The zero-order valence-electron chi connectivity index (χ0n) is 15.8. The van der Waals surface area contributed by atoms with E-state index in [9.17, 15) is 4.79 Å². The highest BCUT2D eigenvalue weighted by molar-refractivity contribution is 5.91. The lowest BCUT2D eigenvalue weighted by Gasteiger charge is -2.54. The third-order valence-electron chi connectivity index (χ3n) is 7.18. The van der Waals surface area contributed by atoms with Crippen molar-refractivity contribution < 1.29 is 10.1 Å². The molecule has 0 saturated heterocycles. The van der Waals surface area contributed by atoms with Gasteiger partial charge in [0.25, 0.3) is 5.91 Å². The number of benzene rings is 1. The molecule has 4 aliphatic rings. The lowest BCUT2D eigenvalue weighted by molar-refractivity contribution is -0.729. The molecule has 3 heteroatoms. The van der Waals surface area contributed by atoms with Crippen LogP contribution in [0.15, 0.2) is 24.3 Å². The van der Waals surface area contributed by atoms with E-state index in [1.807, 2.05) is 12.1 Å². The fourth-order valence-electron chi connectivity index (χ4n) is 6.08. The molecular formula is C22H33N2O+.